The lowest BCUT2D eigenvalue weighted by atomic mass is 10.1. The maximum atomic E-state index is 4.31. The lowest BCUT2D eigenvalue weighted by molar-refractivity contribution is 0.562. The molecule has 18 heavy (non-hydrogen) atoms. The molecule has 1 heterocycles. The zero-order valence-electron chi connectivity index (χ0n) is 11.8. The second-order valence-corrected chi connectivity index (χ2v) is 4.94. The van der Waals surface area contributed by atoms with Gasteiger partial charge in [-0.2, -0.15) is 0 Å². The van der Waals surface area contributed by atoms with Crippen molar-refractivity contribution in [3.63, 3.8) is 0 Å². The largest absolute Gasteiger partial charge is 0.316 e. The number of hydrogen-bond donors (Lipinski definition) is 1. The third-order valence-corrected chi connectivity index (χ3v) is 3.24. The first-order valence-corrected chi connectivity index (χ1v) is 7.54. The van der Waals surface area contributed by atoms with Crippen LogP contribution in [0.25, 0.3) is 0 Å². The van der Waals surface area contributed by atoms with Crippen LogP contribution in [0.15, 0.2) is 24.4 Å². The van der Waals surface area contributed by atoms with Gasteiger partial charge in [-0.25, -0.2) is 0 Å². The van der Waals surface area contributed by atoms with E-state index >= 15 is 0 Å². The van der Waals surface area contributed by atoms with Gasteiger partial charge in [-0.05, 0) is 25.1 Å². The highest BCUT2D eigenvalue weighted by Crippen LogP contribution is 2.06. The molecule has 2 nitrogen and oxygen atoms in total. The zero-order chi connectivity index (χ0) is 12.9. The molecule has 1 aromatic heterocycles. The lowest BCUT2D eigenvalue weighted by Gasteiger charge is -2.04. The second-order valence-electron chi connectivity index (χ2n) is 4.94. The molecule has 2 heteroatoms. The third-order valence-electron chi connectivity index (χ3n) is 3.24. The predicted octanol–water partition coefficient (Wildman–Crippen LogP) is 3.96. The molecule has 0 saturated carbocycles. The maximum absolute atomic E-state index is 4.31. The summed E-state index contributed by atoms with van der Waals surface area (Å²) in [6.45, 7) is 4.47. The van der Waals surface area contributed by atoms with Crippen molar-refractivity contribution in [2.24, 2.45) is 0 Å². The lowest BCUT2D eigenvalue weighted by Crippen LogP contribution is -2.18. The maximum Gasteiger partial charge on any atom is 0.0416 e. The van der Waals surface area contributed by atoms with Crippen LogP contribution >= 0.6 is 0 Å². The molecule has 0 fully saturated rings. The second kappa shape index (κ2) is 11.2. The summed E-state index contributed by atoms with van der Waals surface area (Å²) in [7, 11) is 0. The first-order chi connectivity index (χ1) is 8.93. The van der Waals surface area contributed by atoms with Crippen molar-refractivity contribution in [3.8, 4) is 0 Å². The minimum atomic E-state index is 1.04. The molecule has 102 valence electrons. The Kier molecular flexibility index (Phi) is 9.45. The molecular formula is C16H28N2. The molecule has 0 bridgehead atoms. The highest BCUT2D eigenvalue weighted by molar-refractivity contribution is 5.03. The fraction of sp³-hybridized carbons (Fsp3) is 0.688. The van der Waals surface area contributed by atoms with Crippen molar-refractivity contribution in [1.82, 2.24) is 10.3 Å². The average Bonchev–Trinajstić information content (AvgIpc) is 2.42. The highest BCUT2D eigenvalue weighted by atomic mass is 14.8. The van der Waals surface area contributed by atoms with Crippen LogP contribution in [-0.2, 0) is 6.42 Å². The molecule has 1 N–H and O–H groups in total. The molecule has 0 amide bonds. The van der Waals surface area contributed by atoms with Gasteiger partial charge >= 0.3 is 0 Å². The van der Waals surface area contributed by atoms with Crippen LogP contribution in [0.2, 0.25) is 0 Å². The molecule has 0 aromatic carbocycles. The molecule has 1 rings (SSSR count). The Morgan fingerprint density at radius 2 is 1.72 bits per heavy atom. The summed E-state index contributed by atoms with van der Waals surface area (Å²) in [6.07, 6.45) is 12.6. The molecule has 0 aliphatic carbocycles. The third kappa shape index (κ3) is 8.24. The number of rotatable bonds is 11. The topological polar surface area (TPSA) is 24.9 Å². The summed E-state index contributed by atoms with van der Waals surface area (Å²) in [6, 6.07) is 6.11. The number of aromatic nitrogens is 1. The summed E-state index contributed by atoms with van der Waals surface area (Å²) in [5, 5.41) is 3.50. The summed E-state index contributed by atoms with van der Waals surface area (Å²) < 4.78 is 0. The van der Waals surface area contributed by atoms with Crippen molar-refractivity contribution >= 4 is 0 Å². The monoisotopic (exact) mass is 248 g/mol. The van der Waals surface area contributed by atoms with Crippen molar-refractivity contribution in [3.05, 3.63) is 30.1 Å². The fourth-order valence-electron chi connectivity index (χ4n) is 2.09. The van der Waals surface area contributed by atoms with Gasteiger partial charge in [-0.3, -0.25) is 4.98 Å². The molecule has 0 spiro atoms. The molecule has 0 aliphatic heterocycles. The summed E-state index contributed by atoms with van der Waals surface area (Å²) in [4.78, 5) is 4.31. The molecule has 0 saturated heterocycles. The van der Waals surface area contributed by atoms with Crippen LogP contribution in [0.4, 0.5) is 0 Å². The quantitative estimate of drug-likeness (QED) is 0.599. The summed E-state index contributed by atoms with van der Waals surface area (Å²) in [5.74, 6) is 0. The molecule has 0 atom stereocenters. The van der Waals surface area contributed by atoms with Crippen LogP contribution < -0.4 is 5.32 Å². The summed E-state index contributed by atoms with van der Waals surface area (Å²) in [5.41, 5.74) is 1.18. The molecule has 0 radical (unpaired) electrons. The van der Waals surface area contributed by atoms with Crippen LogP contribution in [0, 0.1) is 0 Å². The number of hydrogen-bond acceptors (Lipinski definition) is 2. The van der Waals surface area contributed by atoms with Gasteiger partial charge in [0.25, 0.3) is 0 Å². The van der Waals surface area contributed by atoms with Gasteiger partial charge in [-0.1, -0.05) is 51.5 Å². The minimum absolute atomic E-state index is 1.04. The van der Waals surface area contributed by atoms with E-state index in [2.05, 4.69) is 29.4 Å². The number of pyridine rings is 1. The highest BCUT2D eigenvalue weighted by Gasteiger charge is 1.93. The molecular weight excluding hydrogens is 220 g/mol. The van der Waals surface area contributed by atoms with Gasteiger partial charge in [0.05, 0.1) is 0 Å². The van der Waals surface area contributed by atoms with Crippen molar-refractivity contribution < 1.29 is 0 Å². The van der Waals surface area contributed by atoms with Crippen LogP contribution in [0.5, 0.6) is 0 Å². The van der Waals surface area contributed by atoms with E-state index in [4.69, 9.17) is 0 Å². The normalized spacial score (nSPS) is 10.7. The Morgan fingerprint density at radius 1 is 0.944 bits per heavy atom. The Labute approximate surface area is 112 Å². The van der Waals surface area contributed by atoms with Crippen LogP contribution in [0.3, 0.4) is 0 Å². The fourth-order valence-corrected chi connectivity index (χ4v) is 2.09. The number of nitrogens with zero attached hydrogens (tertiary/aromatic N) is 1. The van der Waals surface area contributed by atoms with Crippen LogP contribution in [0.1, 0.15) is 57.6 Å². The van der Waals surface area contributed by atoms with Crippen molar-refractivity contribution in [2.75, 3.05) is 13.1 Å². The van der Waals surface area contributed by atoms with Crippen molar-refractivity contribution in [1.29, 1.82) is 0 Å². The van der Waals surface area contributed by atoms with Gasteiger partial charge < -0.3 is 5.32 Å². The van der Waals surface area contributed by atoms with E-state index in [-0.39, 0.29) is 0 Å². The molecule has 0 aliphatic rings. The van der Waals surface area contributed by atoms with Crippen molar-refractivity contribution in [2.45, 2.75) is 58.3 Å². The zero-order valence-corrected chi connectivity index (χ0v) is 11.8. The van der Waals surface area contributed by atoms with Gasteiger partial charge in [0, 0.05) is 24.9 Å². The molecule has 1 aromatic rings. The number of nitrogens with one attached hydrogen (secondary N) is 1. The van der Waals surface area contributed by atoms with E-state index < -0.39 is 0 Å². The first-order valence-electron chi connectivity index (χ1n) is 7.54. The number of unbranched alkanes of at least 4 members (excludes halogenated alkanes) is 6. The Morgan fingerprint density at radius 3 is 2.44 bits per heavy atom. The van der Waals surface area contributed by atoms with Gasteiger partial charge in [0.15, 0.2) is 0 Å². The Hall–Kier alpha value is -0.890. The van der Waals surface area contributed by atoms with E-state index in [1.54, 1.807) is 0 Å². The van der Waals surface area contributed by atoms with Gasteiger partial charge in [0.2, 0.25) is 0 Å². The van der Waals surface area contributed by atoms with E-state index in [1.807, 2.05) is 12.3 Å². The van der Waals surface area contributed by atoms with E-state index in [0.717, 1.165) is 19.5 Å². The van der Waals surface area contributed by atoms with Crippen LogP contribution in [-0.4, -0.2) is 18.1 Å². The smallest absolute Gasteiger partial charge is 0.0416 e. The van der Waals surface area contributed by atoms with Gasteiger partial charge in [-0.15, -0.1) is 0 Å². The summed E-state index contributed by atoms with van der Waals surface area (Å²) >= 11 is 0. The van der Waals surface area contributed by atoms with Gasteiger partial charge in [0.1, 0.15) is 0 Å². The minimum Gasteiger partial charge on any atom is -0.316 e. The standard InChI is InChI=1S/C16H28N2/c1-2-3-4-5-6-7-9-13-17-15-12-16-11-8-10-14-18-16/h8,10-11,14,17H,2-7,9,12-13,15H2,1H3. The first kappa shape index (κ1) is 15.2. The average molecular weight is 248 g/mol. The van der Waals surface area contributed by atoms with E-state index in [1.165, 1.54) is 50.6 Å². The predicted molar refractivity (Wildman–Crippen MR) is 78.8 cm³/mol. The Balaban J connectivity index is 1.82. The molecule has 0 unspecified atom stereocenters. The SMILES string of the molecule is CCCCCCCCCNCCc1ccccn1. The van der Waals surface area contributed by atoms with E-state index in [9.17, 15) is 0 Å². The van der Waals surface area contributed by atoms with E-state index in [0.29, 0.717) is 0 Å². The Bertz CT molecular complexity index is 272.